The van der Waals surface area contributed by atoms with Gasteiger partial charge in [0.15, 0.2) is 4.87 Å². The number of aliphatic imine (C=N–C) groups is 1. The summed E-state index contributed by atoms with van der Waals surface area (Å²) in [5.41, 5.74) is 0.823. The lowest BCUT2D eigenvalue weighted by Crippen LogP contribution is -2.50. The summed E-state index contributed by atoms with van der Waals surface area (Å²) in [4.78, 5) is 14.8. The highest BCUT2D eigenvalue weighted by molar-refractivity contribution is 8.93. The number of methoxy groups -OCH3 is 1. The van der Waals surface area contributed by atoms with E-state index in [9.17, 15) is 4.79 Å². The van der Waals surface area contributed by atoms with Crippen LogP contribution in [0.4, 0.5) is 0 Å². The first-order valence-electron chi connectivity index (χ1n) is 4.48. The average Bonchev–Trinajstić information content (AvgIpc) is 2.18. The van der Waals surface area contributed by atoms with E-state index in [0.29, 0.717) is 12.3 Å². The van der Waals surface area contributed by atoms with Crippen molar-refractivity contribution in [1.29, 1.82) is 0 Å². The van der Waals surface area contributed by atoms with Crippen molar-refractivity contribution in [2.45, 2.75) is 24.1 Å². The molecule has 3 nitrogen and oxygen atoms in total. The molecule has 3 rings (SSSR count). The lowest BCUT2D eigenvalue weighted by Gasteiger charge is -2.38. The number of ether oxygens (including phenoxy) is 1. The molecule has 2 heterocycles. The van der Waals surface area contributed by atoms with E-state index < -0.39 is 4.87 Å². The molecule has 0 amide bonds. The van der Waals surface area contributed by atoms with E-state index in [1.54, 1.807) is 0 Å². The predicted octanol–water partition coefficient (Wildman–Crippen LogP) is 1.97. The van der Waals surface area contributed by atoms with Crippen LogP contribution in [-0.2, 0) is 9.53 Å². The first kappa shape index (κ1) is 12.0. The Kier molecular flexibility index (Phi) is 3.58. The van der Waals surface area contributed by atoms with Crippen LogP contribution < -0.4 is 0 Å². The Bertz CT molecular complexity index is 282. The molecule has 0 N–H and O–H groups in total. The summed E-state index contributed by atoms with van der Waals surface area (Å²) in [5.74, 6) is 0.117. The van der Waals surface area contributed by atoms with Gasteiger partial charge in [-0.3, -0.25) is 4.99 Å². The maximum absolute atomic E-state index is 11.4. The zero-order valence-corrected chi connectivity index (χ0v) is 10.4. The van der Waals surface area contributed by atoms with Crippen LogP contribution in [0.5, 0.6) is 0 Å². The lowest BCUT2D eigenvalue weighted by molar-refractivity contribution is -0.142. The van der Waals surface area contributed by atoms with Crippen LogP contribution in [-0.4, -0.2) is 30.2 Å². The number of alkyl halides is 1. The summed E-state index contributed by atoms with van der Waals surface area (Å²) in [5, 5.41) is 0. The Morgan fingerprint density at radius 1 is 1.71 bits per heavy atom. The molecular weight excluding hydrogens is 269 g/mol. The second-order valence-electron chi connectivity index (χ2n) is 3.69. The van der Waals surface area contributed by atoms with Gasteiger partial charge in [0.25, 0.3) is 0 Å². The average molecular weight is 283 g/mol. The molecule has 0 aromatic heterocycles. The molecular formula is C9H13BrClNO2. The molecule has 0 aromatic rings. The van der Waals surface area contributed by atoms with Crippen molar-refractivity contribution in [1.82, 2.24) is 0 Å². The number of fused-ring (bicyclic) bond motifs is 3. The topological polar surface area (TPSA) is 38.7 Å². The van der Waals surface area contributed by atoms with E-state index >= 15 is 0 Å². The number of halogens is 2. The molecule has 2 atom stereocenters. The third-order valence-electron chi connectivity index (χ3n) is 2.87. The van der Waals surface area contributed by atoms with Crippen molar-refractivity contribution in [3.63, 3.8) is 0 Å². The monoisotopic (exact) mass is 281 g/mol. The molecule has 1 fully saturated rings. The van der Waals surface area contributed by atoms with Gasteiger partial charge in [0, 0.05) is 12.3 Å². The fourth-order valence-corrected chi connectivity index (χ4v) is 2.57. The van der Waals surface area contributed by atoms with E-state index in [1.165, 1.54) is 7.11 Å². The highest BCUT2D eigenvalue weighted by Crippen LogP contribution is 2.40. The quantitative estimate of drug-likeness (QED) is 0.545. The number of hydrogen-bond donors (Lipinski definition) is 0. The fraction of sp³-hybridized carbons (Fsp3) is 0.778. The largest absolute Gasteiger partial charge is 0.467 e. The number of hydrogen-bond acceptors (Lipinski definition) is 3. The summed E-state index contributed by atoms with van der Waals surface area (Å²) in [7, 11) is 1.37. The Labute approximate surface area is 98.6 Å². The standard InChI is InChI=1S/C9H12ClNO2.BrH/c1-13-8(12)9(10)4-6-2-3-7(9)11-5-6;/h6H,2-5H2,1H3;1H. The molecule has 3 aliphatic rings. The zero-order chi connectivity index (χ0) is 9.47. The van der Waals surface area contributed by atoms with Crippen LogP contribution >= 0.6 is 28.6 Å². The molecule has 0 aromatic carbocycles. The Morgan fingerprint density at radius 3 is 2.79 bits per heavy atom. The lowest BCUT2D eigenvalue weighted by atomic mass is 9.76. The third-order valence-corrected chi connectivity index (χ3v) is 3.39. The number of rotatable bonds is 1. The van der Waals surface area contributed by atoms with Crippen LogP contribution in [0.1, 0.15) is 19.3 Å². The summed E-state index contributed by atoms with van der Waals surface area (Å²) in [6, 6.07) is 0. The molecule has 5 heteroatoms. The molecule has 2 bridgehead atoms. The summed E-state index contributed by atoms with van der Waals surface area (Å²) in [6.07, 6.45) is 2.66. The maximum Gasteiger partial charge on any atom is 0.332 e. The summed E-state index contributed by atoms with van der Waals surface area (Å²) >= 11 is 6.22. The van der Waals surface area contributed by atoms with Crippen LogP contribution in [0.3, 0.4) is 0 Å². The zero-order valence-electron chi connectivity index (χ0n) is 7.96. The van der Waals surface area contributed by atoms with E-state index in [1.807, 2.05) is 0 Å². The minimum Gasteiger partial charge on any atom is -0.467 e. The van der Waals surface area contributed by atoms with Gasteiger partial charge in [0.2, 0.25) is 0 Å². The number of carbonyl (C=O) groups is 1. The van der Waals surface area contributed by atoms with Crippen LogP contribution in [0.2, 0.25) is 0 Å². The van der Waals surface area contributed by atoms with Crippen molar-refractivity contribution in [2.75, 3.05) is 13.7 Å². The number of esters is 1. The van der Waals surface area contributed by atoms with Crippen LogP contribution in [0.15, 0.2) is 4.99 Å². The minimum absolute atomic E-state index is 0. The molecule has 0 spiro atoms. The Balaban J connectivity index is 0.000000980. The highest BCUT2D eigenvalue weighted by atomic mass is 79.9. The normalized spacial score (nSPS) is 34.4. The molecule has 80 valence electrons. The first-order valence-corrected chi connectivity index (χ1v) is 4.86. The third kappa shape index (κ3) is 1.70. The Morgan fingerprint density at radius 2 is 2.43 bits per heavy atom. The van der Waals surface area contributed by atoms with Gasteiger partial charge in [0.05, 0.1) is 7.11 Å². The van der Waals surface area contributed by atoms with Crippen molar-refractivity contribution < 1.29 is 9.53 Å². The van der Waals surface area contributed by atoms with Crippen molar-refractivity contribution in [3.05, 3.63) is 0 Å². The summed E-state index contributed by atoms with van der Waals surface area (Å²) < 4.78 is 4.69. The minimum atomic E-state index is -0.935. The van der Waals surface area contributed by atoms with Gasteiger partial charge >= 0.3 is 5.97 Å². The van der Waals surface area contributed by atoms with Gasteiger partial charge < -0.3 is 4.74 Å². The smallest absolute Gasteiger partial charge is 0.332 e. The van der Waals surface area contributed by atoms with Gasteiger partial charge in [-0.1, -0.05) is 0 Å². The Hall–Kier alpha value is -0.0900. The van der Waals surface area contributed by atoms with Crippen LogP contribution in [0, 0.1) is 5.92 Å². The molecule has 1 saturated carbocycles. The van der Waals surface area contributed by atoms with Crippen molar-refractivity contribution in [2.24, 2.45) is 10.9 Å². The molecule has 2 unspecified atom stereocenters. The fourth-order valence-electron chi connectivity index (χ4n) is 2.12. The van der Waals surface area contributed by atoms with E-state index in [2.05, 4.69) is 4.99 Å². The SMILES string of the molecule is Br.COC(=O)C1(Cl)CC2CCC1=NC2. The van der Waals surface area contributed by atoms with Gasteiger partial charge in [-0.05, 0) is 25.2 Å². The molecule has 0 saturated heterocycles. The second kappa shape index (κ2) is 4.19. The maximum atomic E-state index is 11.4. The molecule has 0 radical (unpaired) electrons. The second-order valence-corrected chi connectivity index (χ2v) is 4.33. The van der Waals surface area contributed by atoms with Gasteiger partial charge in [-0.25, -0.2) is 4.79 Å². The van der Waals surface area contributed by atoms with Gasteiger partial charge in [0.1, 0.15) is 0 Å². The number of nitrogens with zero attached hydrogens (tertiary/aromatic N) is 1. The predicted molar refractivity (Wildman–Crippen MR) is 60.6 cm³/mol. The van der Waals surface area contributed by atoms with Crippen LogP contribution in [0.25, 0.3) is 0 Å². The van der Waals surface area contributed by atoms with Crippen molar-refractivity contribution >= 4 is 40.3 Å². The van der Waals surface area contributed by atoms with E-state index in [0.717, 1.165) is 25.1 Å². The molecule has 1 aliphatic carbocycles. The molecule has 2 aliphatic heterocycles. The number of carbonyl (C=O) groups excluding carboxylic acids is 1. The van der Waals surface area contributed by atoms with E-state index in [4.69, 9.17) is 16.3 Å². The van der Waals surface area contributed by atoms with Crippen molar-refractivity contribution in [3.8, 4) is 0 Å². The van der Waals surface area contributed by atoms with Gasteiger partial charge in [-0.15, -0.1) is 28.6 Å². The molecule has 14 heavy (non-hydrogen) atoms. The summed E-state index contributed by atoms with van der Waals surface area (Å²) in [6.45, 7) is 0.834. The van der Waals surface area contributed by atoms with Gasteiger partial charge in [-0.2, -0.15) is 0 Å². The first-order chi connectivity index (χ1) is 6.16. The van der Waals surface area contributed by atoms with E-state index in [-0.39, 0.29) is 23.0 Å². The highest BCUT2D eigenvalue weighted by Gasteiger charge is 2.49.